The summed E-state index contributed by atoms with van der Waals surface area (Å²) in [5.74, 6) is -10.7. The van der Waals surface area contributed by atoms with E-state index in [2.05, 4.69) is 82.4 Å². The smallest absolute Gasteiger partial charge is 0.340 e. The number of alkyl halides is 6. The number of amides is 7. The Labute approximate surface area is 742 Å². The number of carboxylic acid groups (broad SMARTS) is 6. The second-order valence-corrected chi connectivity index (χ2v) is 27.7. The monoisotopic (exact) mass is 2290 g/mol. The summed E-state index contributed by atoms with van der Waals surface area (Å²) in [7, 11) is 3.50. The molecule has 0 aliphatic carbocycles. The summed E-state index contributed by atoms with van der Waals surface area (Å²) in [6.45, 7) is 2.16. The van der Waals surface area contributed by atoms with Crippen LogP contribution in [0.4, 0.5) is 39.8 Å². The minimum absolute atomic E-state index is 0.0249. The molecule has 7 amide bonds. The molecule has 0 aliphatic rings. The predicted octanol–water partition coefficient (Wildman–Crippen LogP) is 10.3. The number of primary amides is 2. The van der Waals surface area contributed by atoms with E-state index in [0.29, 0.717) is 59.4 Å². The number of anilines is 7. The highest BCUT2D eigenvalue weighted by Crippen LogP contribution is 2.25. The number of aliphatic carboxylic acids is 1. The fourth-order valence-corrected chi connectivity index (χ4v) is 10.4. The van der Waals surface area contributed by atoms with E-state index in [1.807, 2.05) is 92.0 Å². The summed E-state index contributed by atoms with van der Waals surface area (Å²) < 4.78 is 17.4. The van der Waals surface area contributed by atoms with Crippen molar-refractivity contribution in [3.05, 3.63) is 207 Å². The maximum atomic E-state index is 12.0. The molecule has 0 spiro atoms. The minimum Gasteiger partial charge on any atom is -0.480 e. The highest BCUT2D eigenvalue weighted by molar-refractivity contribution is 14.1. The summed E-state index contributed by atoms with van der Waals surface area (Å²) >= 11 is 13.0. The van der Waals surface area contributed by atoms with Crippen molar-refractivity contribution in [2.45, 2.75) is 13.0 Å². The van der Waals surface area contributed by atoms with Gasteiger partial charge in [-0.05, 0) is 84.9 Å². The Balaban J connectivity index is 0.000000675. The number of rotatable bonds is 31. The van der Waals surface area contributed by atoms with Gasteiger partial charge in [0, 0.05) is 52.8 Å². The molecular weight excluding hydrogens is 2210 g/mol. The number of carboxylic acids is 6. The summed E-state index contributed by atoms with van der Waals surface area (Å²) in [4.78, 5) is 178. The van der Waals surface area contributed by atoms with Gasteiger partial charge in [0.15, 0.2) is 0 Å². The van der Waals surface area contributed by atoms with Crippen LogP contribution in [0.2, 0.25) is 0 Å². The average molecular weight is 2290 g/mol. The maximum absolute atomic E-state index is 12.0. The molecule has 115 heavy (non-hydrogen) atoms. The van der Waals surface area contributed by atoms with Gasteiger partial charge >= 0.3 is 53.7 Å². The fraction of sp³-hybridized carbons (Fsp3) is 0.205. The second kappa shape index (κ2) is 57.3. The quantitative estimate of drug-likeness (QED) is 0.00479. The van der Waals surface area contributed by atoms with Gasteiger partial charge < -0.3 is 99.3 Å². The lowest BCUT2D eigenvalue weighted by molar-refractivity contribution is -0.140. The molecule has 0 aliphatic heterocycles. The molecule has 0 saturated heterocycles. The summed E-state index contributed by atoms with van der Waals surface area (Å²) in [5.41, 5.74) is 18.6. The Bertz CT molecular complexity index is 4360. The van der Waals surface area contributed by atoms with Crippen molar-refractivity contribution < 1.29 is 122 Å². The van der Waals surface area contributed by atoms with E-state index in [-0.39, 0.29) is 102 Å². The van der Waals surface area contributed by atoms with E-state index >= 15 is 0 Å². The Morgan fingerprint density at radius 1 is 0.374 bits per heavy atom. The van der Waals surface area contributed by atoms with E-state index in [0.717, 1.165) is 10.1 Å². The average Bonchev–Trinajstić information content (AvgIpc) is 0.827. The molecule has 0 heterocycles. The molecule has 35 nitrogen and oxygen atoms in total. The van der Waals surface area contributed by atoms with Gasteiger partial charge in [-0.1, -0.05) is 202 Å². The van der Waals surface area contributed by atoms with Crippen molar-refractivity contribution in [1.82, 2.24) is 5.32 Å². The number of esters is 3. The van der Waals surface area contributed by atoms with Crippen molar-refractivity contribution in [3.63, 3.8) is 0 Å². The molecular formula is C73H76I6N10O25S. The van der Waals surface area contributed by atoms with Gasteiger partial charge in [0.25, 0.3) is 11.8 Å². The zero-order valence-corrected chi connectivity index (χ0v) is 74.4. The number of halogens is 6. The number of thioether (sulfide) groups is 1. The van der Waals surface area contributed by atoms with Crippen LogP contribution in [0.15, 0.2) is 152 Å². The molecule has 0 bridgehead atoms. The first-order valence-electron chi connectivity index (χ1n) is 32.3. The number of carbonyl (C=O) groups is 16. The topological polar surface area (TPSA) is 584 Å². The van der Waals surface area contributed by atoms with Crippen LogP contribution in [-0.2, 0) is 43.0 Å². The van der Waals surface area contributed by atoms with Crippen LogP contribution in [0.3, 0.4) is 0 Å². The van der Waals surface area contributed by atoms with E-state index in [1.54, 1.807) is 103 Å². The number of benzene rings is 7. The first kappa shape index (κ1) is 103. The molecule has 1 atom stereocenters. The molecule has 19 N–H and O–H groups in total. The molecule has 1 unspecified atom stereocenters. The van der Waals surface area contributed by atoms with Gasteiger partial charge in [0.2, 0.25) is 29.5 Å². The SMILES string of the molecule is CNc1ccccc1C(=O)OCCI.CNc1ccccc1C(=O)OCCSCC(NC(C)=O)C(=O)O.NC(=O)c1cccc(C(=O)O)c1NC(=O)CI.NC(=O)c1ccccc1NC(=O)CI.Nc1c(C(=O)O)cccc1C(=O)OCCI.O=C(CI)Nc1c(C(=O)O)cccc1C(=O)O.O=C(CI)Nc1ccccc1C(=O)O. The van der Waals surface area contributed by atoms with E-state index in [9.17, 15) is 76.7 Å². The van der Waals surface area contributed by atoms with Crippen molar-refractivity contribution >= 4 is 282 Å². The van der Waals surface area contributed by atoms with E-state index < -0.39 is 83.3 Å². The van der Waals surface area contributed by atoms with Crippen molar-refractivity contribution in [2.24, 2.45) is 11.5 Å². The van der Waals surface area contributed by atoms with E-state index in [4.69, 9.17) is 62.1 Å². The van der Waals surface area contributed by atoms with Gasteiger partial charge in [-0.3, -0.25) is 33.6 Å². The number of ether oxygens (including phenoxy) is 3. The second-order valence-electron chi connectivity index (χ2n) is 21.3. The third-order valence-corrected chi connectivity index (χ3v) is 18.1. The number of hydrogen-bond donors (Lipinski definition) is 16. The zero-order valence-electron chi connectivity index (χ0n) is 60.6. The van der Waals surface area contributed by atoms with Crippen LogP contribution in [0, 0.1) is 0 Å². The predicted molar refractivity (Wildman–Crippen MR) is 482 cm³/mol. The summed E-state index contributed by atoms with van der Waals surface area (Å²) in [6.07, 6.45) is 0. The molecule has 616 valence electrons. The van der Waals surface area contributed by atoms with Gasteiger partial charge in [-0.15, -0.1) is 0 Å². The number of nitrogen functional groups attached to an aromatic ring is 1. The van der Waals surface area contributed by atoms with Crippen LogP contribution in [0.25, 0.3) is 0 Å². The number of nitrogens with one attached hydrogen (secondary N) is 7. The molecule has 42 heteroatoms. The lowest BCUT2D eigenvalue weighted by Crippen LogP contribution is -2.41. The summed E-state index contributed by atoms with van der Waals surface area (Å²) in [5, 5.41) is 71.3. The first-order chi connectivity index (χ1) is 54.5. The number of hydrogen-bond acceptors (Lipinski definition) is 23. The molecule has 0 fully saturated rings. The highest BCUT2D eigenvalue weighted by Gasteiger charge is 2.23. The number of nitrogens with two attached hydrogens (primary N) is 3. The molecule has 0 aromatic heterocycles. The standard InChI is InChI=1S/C15H20N2O5S.C10H9IN2O4.C10H8INO5.C10H10INO4.C10H12INO2.C9H9IN2O2.C9H8INO3/c1-10(18)17-13(14(19)20)9-23-8-7-22-15(21)11-5-3-4-6-12(11)16-2;11-4-7(14)13-8-5(9(12)15)2-1-3-6(8)10(16)17;11-4-7(13)12-8-5(9(14)15)2-1-3-6(8)10(16)17;11-4-5-16-10(15)7-3-1-2-6(8(7)12)9(13)14;1-12-9-5-3-2-4-8(9)10(13)14-7-6-11;10-5-8(13)12-7-4-2-1-3-6(7)9(11)14;10-5-8(12)11-7-4-2-1-3-6(7)9(13)14/h3-6,13,16H,7-9H2,1-2H3,(H,17,18)(H,19,20);1-3H,4H2,(H2,12,15)(H,13,14)(H,16,17);1-3H,4H2,(H,12,13)(H,14,15)(H,16,17);1-3H,4-5,12H2,(H,13,14);2-5,12H,6-7H2,1H3;1-4H,5H2,(H2,11,14)(H,12,13);1-4H,5H2,(H,11,12)(H,13,14). The Morgan fingerprint density at radius 3 is 1.02 bits per heavy atom. The van der Waals surface area contributed by atoms with Gasteiger partial charge in [-0.2, -0.15) is 11.8 Å². The van der Waals surface area contributed by atoms with Crippen LogP contribution >= 0.6 is 147 Å². The lowest BCUT2D eigenvalue weighted by Gasteiger charge is -2.13. The normalized spacial score (nSPS) is 9.99. The van der Waals surface area contributed by atoms with Crippen LogP contribution < -0.4 is 54.4 Å². The Morgan fingerprint density at radius 2 is 0.670 bits per heavy atom. The van der Waals surface area contributed by atoms with Crippen molar-refractivity contribution in [3.8, 4) is 0 Å². The van der Waals surface area contributed by atoms with Gasteiger partial charge in [0.1, 0.15) is 25.9 Å². The van der Waals surface area contributed by atoms with E-state index in [1.165, 1.54) is 79.3 Å². The van der Waals surface area contributed by atoms with Crippen molar-refractivity contribution in [2.75, 3.05) is 110 Å². The third-order valence-electron chi connectivity index (χ3n) is 13.4. The Kier molecular flexibility index (Phi) is 51.4. The number of aromatic carboxylic acids is 5. The maximum Gasteiger partial charge on any atom is 0.340 e. The highest BCUT2D eigenvalue weighted by atomic mass is 127. The largest absolute Gasteiger partial charge is 0.480 e. The van der Waals surface area contributed by atoms with Crippen LogP contribution in [-0.4, -0.2) is 204 Å². The van der Waals surface area contributed by atoms with Crippen molar-refractivity contribution in [1.29, 1.82) is 0 Å². The fourth-order valence-electron chi connectivity index (χ4n) is 8.41. The van der Waals surface area contributed by atoms with Gasteiger partial charge in [0.05, 0.1) is 102 Å². The Hall–Kier alpha value is -9.81. The number of para-hydroxylation sites is 7. The number of carbonyl (C=O) groups excluding carboxylic acids is 10. The zero-order chi connectivity index (χ0) is 86.9. The lowest BCUT2D eigenvalue weighted by atomic mass is 10.1. The molecule has 7 aromatic carbocycles. The molecule has 7 rings (SSSR count). The summed E-state index contributed by atoms with van der Waals surface area (Å²) in [6, 6.07) is 38.4. The molecule has 7 aromatic rings. The van der Waals surface area contributed by atoms with Crippen LogP contribution in [0.1, 0.15) is 111 Å². The molecule has 0 saturated carbocycles. The third kappa shape index (κ3) is 38.5. The first-order valence-corrected chi connectivity index (χ1v) is 42.6. The van der Waals surface area contributed by atoms with Crippen LogP contribution in [0.5, 0.6) is 0 Å². The molecule has 0 radical (unpaired) electrons. The minimum atomic E-state index is -1.29. The van der Waals surface area contributed by atoms with Gasteiger partial charge in [-0.25, -0.2) is 43.2 Å².